The Kier molecular flexibility index (Phi) is 5.96. The van der Waals surface area contributed by atoms with Gasteiger partial charge in [-0.2, -0.15) is 0 Å². The zero-order valence-electron chi connectivity index (χ0n) is 11.8. The number of hydrogen-bond donors (Lipinski definition) is 1. The van der Waals surface area contributed by atoms with E-state index in [1.807, 2.05) is 0 Å². The minimum Gasteiger partial charge on any atom is -0.481 e. The lowest BCUT2D eigenvalue weighted by Crippen LogP contribution is -2.38. The molecule has 3 nitrogen and oxygen atoms in total. The van der Waals surface area contributed by atoms with E-state index in [4.69, 9.17) is 5.11 Å². The number of rotatable bonds is 7. The molecule has 0 fully saturated rings. The second-order valence-corrected chi connectivity index (χ2v) is 5.20. The molecule has 0 saturated heterocycles. The summed E-state index contributed by atoms with van der Waals surface area (Å²) >= 11 is 0. The van der Waals surface area contributed by atoms with Gasteiger partial charge in [0.05, 0.1) is 5.92 Å². The van der Waals surface area contributed by atoms with Crippen LogP contribution in [-0.4, -0.2) is 35.1 Å². The lowest BCUT2D eigenvalue weighted by molar-refractivity contribution is -0.141. The van der Waals surface area contributed by atoms with Crippen molar-refractivity contribution in [3.63, 3.8) is 0 Å². The molecule has 1 unspecified atom stereocenters. The number of carboxylic acid groups (broad SMARTS) is 1. The highest BCUT2D eigenvalue weighted by atomic mass is 19.1. The van der Waals surface area contributed by atoms with Gasteiger partial charge in [0, 0.05) is 19.1 Å². The van der Waals surface area contributed by atoms with Gasteiger partial charge in [-0.05, 0) is 38.0 Å². The van der Waals surface area contributed by atoms with Gasteiger partial charge in [-0.25, -0.2) is 4.39 Å². The van der Waals surface area contributed by atoms with Crippen LogP contribution in [0.15, 0.2) is 24.3 Å². The van der Waals surface area contributed by atoms with Gasteiger partial charge in [0.1, 0.15) is 5.82 Å². The molecule has 0 radical (unpaired) electrons. The van der Waals surface area contributed by atoms with Crippen molar-refractivity contribution >= 4 is 5.97 Å². The molecule has 1 aromatic rings. The molecule has 0 aliphatic rings. The number of carboxylic acids is 1. The Bertz CT molecular complexity index is 403. The Morgan fingerprint density at radius 2 is 1.84 bits per heavy atom. The summed E-state index contributed by atoms with van der Waals surface area (Å²) in [5.41, 5.74) is 1.06. The second kappa shape index (κ2) is 7.24. The maximum atomic E-state index is 12.8. The van der Waals surface area contributed by atoms with Crippen LogP contribution in [0.3, 0.4) is 0 Å². The topological polar surface area (TPSA) is 40.5 Å². The third kappa shape index (κ3) is 5.39. The summed E-state index contributed by atoms with van der Waals surface area (Å²) < 4.78 is 12.8. The summed E-state index contributed by atoms with van der Waals surface area (Å²) in [4.78, 5) is 13.0. The highest BCUT2D eigenvalue weighted by Crippen LogP contribution is 2.09. The smallest absolute Gasteiger partial charge is 0.307 e. The van der Waals surface area contributed by atoms with Crippen molar-refractivity contribution in [2.24, 2.45) is 5.92 Å². The fraction of sp³-hybridized carbons (Fsp3) is 0.533. The van der Waals surface area contributed by atoms with Gasteiger partial charge >= 0.3 is 5.97 Å². The molecule has 0 amide bonds. The van der Waals surface area contributed by atoms with Crippen LogP contribution in [0.4, 0.5) is 4.39 Å². The molecule has 0 aliphatic heterocycles. The first-order valence-electron chi connectivity index (χ1n) is 6.61. The molecule has 1 aromatic carbocycles. The van der Waals surface area contributed by atoms with Crippen molar-refractivity contribution in [2.75, 3.05) is 13.1 Å². The predicted octanol–water partition coefficient (Wildman–Crippen LogP) is 2.80. The maximum Gasteiger partial charge on any atom is 0.307 e. The fourth-order valence-electron chi connectivity index (χ4n) is 1.91. The molecule has 1 atom stereocenters. The number of carbonyl (C=O) groups is 1. The fourth-order valence-corrected chi connectivity index (χ4v) is 1.91. The molecule has 0 heterocycles. The summed E-state index contributed by atoms with van der Waals surface area (Å²) in [5, 5.41) is 8.96. The lowest BCUT2D eigenvalue weighted by atomic mass is 10.1. The van der Waals surface area contributed by atoms with Crippen molar-refractivity contribution in [3.8, 4) is 0 Å². The monoisotopic (exact) mass is 267 g/mol. The molecule has 1 rings (SSSR count). The summed E-state index contributed by atoms with van der Waals surface area (Å²) in [6.45, 7) is 7.14. The number of halogens is 1. The summed E-state index contributed by atoms with van der Waals surface area (Å²) in [6, 6.07) is 6.74. The first kappa shape index (κ1) is 15.6. The van der Waals surface area contributed by atoms with Crippen LogP contribution in [0.5, 0.6) is 0 Å². The van der Waals surface area contributed by atoms with Crippen LogP contribution in [0, 0.1) is 11.7 Å². The lowest BCUT2D eigenvalue weighted by Gasteiger charge is -2.28. The van der Waals surface area contributed by atoms with Crippen molar-refractivity contribution in [3.05, 3.63) is 35.6 Å². The Morgan fingerprint density at radius 1 is 1.26 bits per heavy atom. The molecule has 106 valence electrons. The van der Waals surface area contributed by atoms with E-state index in [1.165, 1.54) is 12.1 Å². The zero-order valence-corrected chi connectivity index (χ0v) is 11.8. The van der Waals surface area contributed by atoms with Gasteiger partial charge in [0.15, 0.2) is 0 Å². The second-order valence-electron chi connectivity index (χ2n) is 5.20. The Labute approximate surface area is 114 Å². The minimum absolute atomic E-state index is 0.232. The number of benzene rings is 1. The number of hydrogen-bond acceptors (Lipinski definition) is 2. The molecule has 0 aliphatic carbocycles. The van der Waals surface area contributed by atoms with E-state index in [0.29, 0.717) is 12.6 Å². The zero-order chi connectivity index (χ0) is 14.4. The van der Waals surface area contributed by atoms with Gasteiger partial charge in [-0.1, -0.05) is 19.1 Å². The van der Waals surface area contributed by atoms with Gasteiger partial charge in [-0.15, -0.1) is 0 Å². The van der Waals surface area contributed by atoms with Gasteiger partial charge in [0.25, 0.3) is 0 Å². The third-order valence-electron chi connectivity index (χ3n) is 3.26. The molecule has 0 bridgehead atoms. The molecule has 0 saturated carbocycles. The average Bonchev–Trinajstić information content (AvgIpc) is 2.35. The van der Waals surface area contributed by atoms with Crippen molar-refractivity contribution in [2.45, 2.75) is 33.2 Å². The molecular formula is C15H22FNO2. The molecule has 0 spiro atoms. The molecule has 4 heteroatoms. The average molecular weight is 267 g/mol. The van der Waals surface area contributed by atoms with Crippen molar-refractivity contribution in [1.29, 1.82) is 0 Å². The Balaban J connectivity index is 2.54. The summed E-state index contributed by atoms with van der Waals surface area (Å²) in [7, 11) is 0. The first-order chi connectivity index (χ1) is 8.90. The molecule has 0 aromatic heterocycles. The quantitative estimate of drug-likeness (QED) is 0.826. The van der Waals surface area contributed by atoms with E-state index in [9.17, 15) is 9.18 Å². The van der Waals surface area contributed by atoms with Crippen molar-refractivity contribution in [1.82, 2.24) is 4.90 Å². The van der Waals surface area contributed by atoms with Gasteiger partial charge < -0.3 is 5.11 Å². The van der Waals surface area contributed by atoms with Crippen LogP contribution >= 0.6 is 0 Å². The van der Waals surface area contributed by atoms with Gasteiger partial charge in [0.2, 0.25) is 0 Å². The molecule has 19 heavy (non-hydrogen) atoms. The van der Waals surface area contributed by atoms with Crippen LogP contribution < -0.4 is 0 Å². The van der Waals surface area contributed by atoms with Crippen molar-refractivity contribution < 1.29 is 14.3 Å². The van der Waals surface area contributed by atoms with E-state index >= 15 is 0 Å². The van der Waals surface area contributed by atoms with Crippen LogP contribution in [0.1, 0.15) is 26.3 Å². The highest BCUT2D eigenvalue weighted by Gasteiger charge is 2.18. The van der Waals surface area contributed by atoms with E-state index < -0.39 is 5.97 Å². The Hall–Kier alpha value is -1.42. The summed E-state index contributed by atoms with van der Waals surface area (Å²) in [6.07, 6.45) is 0.796. The number of nitrogens with zero attached hydrogens (tertiary/aromatic N) is 1. The molecular weight excluding hydrogens is 245 g/mol. The standard InChI is InChI=1S/C15H22FNO2/c1-11(2)17(10-12(3)15(18)19)9-8-13-4-6-14(16)7-5-13/h4-7,11-12H,8-10H2,1-3H3,(H,18,19). The van der Waals surface area contributed by atoms with E-state index in [0.717, 1.165) is 18.5 Å². The minimum atomic E-state index is -0.771. The largest absolute Gasteiger partial charge is 0.481 e. The van der Waals surface area contributed by atoms with E-state index in [2.05, 4.69) is 18.7 Å². The Morgan fingerprint density at radius 3 is 2.32 bits per heavy atom. The van der Waals surface area contributed by atoms with Crippen LogP contribution in [0.25, 0.3) is 0 Å². The first-order valence-corrected chi connectivity index (χ1v) is 6.61. The summed E-state index contributed by atoms with van der Waals surface area (Å²) in [5.74, 6) is -1.38. The van der Waals surface area contributed by atoms with Gasteiger partial charge in [-0.3, -0.25) is 9.69 Å². The predicted molar refractivity (Wildman–Crippen MR) is 73.6 cm³/mol. The van der Waals surface area contributed by atoms with E-state index in [-0.39, 0.29) is 11.7 Å². The van der Waals surface area contributed by atoms with Crippen LogP contribution in [-0.2, 0) is 11.2 Å². The molecule has 1 N–H and O–H groups in total. The highest BCUT2D eigenvalue weighted by molar-refractivity contribution is 5.69. The van der Waals surface area contributed by atoms with E-state index in [1.54, 1.807) is 19.1 Å². The number of aliphatic carboxylic acids is 1. The maximum absolute atomic E-state index is 12.8. The SMILES string of the molecule is CC(CN(CCc1ccc(F)cc1)C(C)C)C(=O)O. The normalized spacial score (nSPS) is 12.9. The third-order valence-corrected chi connectivity index (χ3v) is 3.26. The van der Waals surface area contributed by atoms with Crippen LogP contribution in [0.2, 0.25) is 0 Å².